The van der Waals surface area contributed by atoms with E-state index in [1.165, 1.54) is 77.0 Å². The van der Waals surface area contributed by atoms with E-state index < -0.39 is 28.7 Å². The predicted molar refractivity (Wildman–Crippen MR) is 141 cm³/mol. The Morgan fingerprint density at radius 1 is 0.333 bits per heavy atom. The zero-order valence-electron chi connectivity index (χ0n) is 20.4. The van der Waals surface area contributed by atoms with Crippen LogP contribution in [0, 0.1) is 0 Å². The van der Waals surface area contributed by atoms with E-state index in [2.05, 4.69) is 41.5 Å². The molecule has 1 unspecified atom stereocenters. The molecule has 166 valence electrons. The summed E-state index contributed by atoms with van der Waals surface area (Å²) >= 11 is -1.10. The van der Waals surface area contributed by atoms with Gasteiger partial charge in [0.15, 0.2) is 0 Å². The molecule has 0 rings (SSSR count). The maximum Gasteiger partial charge on any atom is -0.153 e. The van der Waals surface area contributed by atoms with Crippen molar-refractivity contribution in [3.63, 3.8) is 0 Å². The fourth-order valence-corrected chi connectivity index (χ4v) is 17.2. The Kier molecular flexibility index (Phi) is 36.5. The molecule has 0 saturated carbocycles. The number of unbranched alkanes of at least 4 members (excludes halogenated alkanes) is 6. The van der Waals surface area contributed by atoms with Gasteiger partial charge in [-0.3, -0.25) is 0 Å². The molecule has 0 N–H and O–H groups in total. The minimum Gasteiger partial charge on any atom is -0.153 e. The molecular weight excluding hydrogens is 464 g/mol. The second kappa shape index (κ2) is 29.7. The van der Waals surface area contributed by atoms with Gasteiger partial charge in [0.05, 0.1) is 0 Å². The Morgan fingerprint density at radius 2 is 0.481 bits per heavy atom. The van der Waals surface area contributed by atoms with E-state index in [9.17, 15) is 0 Å². The summed E-state index contributed by atoms with van der Waals surface area (Å²) in [5.41, 5.74) is 0. The van der Waals surface area contributed by atoms with Crippen molar-refractivity contribution in [3.8, 4) is 0 Å². The number of hydrogen-bond acceptors (Lipinski definition) is 0. The van der Waals surface area contributed by atoms with E-state index in [-0.39, 0.29) is 9.90 Å². The second-order valence-corrected chi connectivity index (χ2v) is 20.7. The molecule has 27 heavy (non-hydrogen) atoms. The van der Waals surface area contributed by atoms with Gasteiger partial charge in [0, 0.05) is 0 Å². The van der Waals surface area contributed by atoms with Crippen molar-refractivity contribution in [2.24, 2.45) is 0 Å². The summed E-state index contributed by atoms with van der Waals surface area (Å²) in [4.78, 5) is 0. The van der Waals surface area contributed by atoms with Crippen LogP contribution in [-0.2, 0) is 0 Å². The molecule has 0 bridgehead atoms. The average molecular weight is 522 g/mol. The van der Waals surface area contributed by atoms with Crippen LogP contribution in [-0.4, -0.2) is 28.7 Å². The zero-order valence-corrected chi connectivity index (χ0v) is 26.0. The minimum absolute atomic E-state index is 0. The van der Waals surface area contributed by atoms with Gasteiger partial charge in [0.1, 0.15) is 0 Å². The average Bonchev–Trinajstić information content (AvgIpc) is 2.67. The van der Waals surface area contributed by atoms with E-state index in [1.807, 2.05) is 0 Å². The van der Waals surface area contributed by atoms with Crippen LogP contribution >= 0.6 is 9.90 Å². The largest absolute Gasteiger partial charge is 0.153 e. The predicted octanol–water partition coefficient (Wildman–Crippen LogP) is 9.82. The molecule has 0 amide bonds. The van der Waals surface area contributed by atoms with E-state index in [0.29, 0.717) is 0 Å². The first-order chi connectivity index (χ1) is 12.7. The smallest absolute Gasteiger partial charge is 0.153 e. The summed E-state index contributed by atoms with van der Waals surface area (Å²) in [6.07, 6.45) is 17.6. The Labute approximate surface area is 188 Å². The molecule has 2 radical (unpaired) electrons. The number of hydrogen-bond donors (Lipinski definition) is 0. The molecule has 0 aliphatic carbocycles. The molecule has 0 aromatic rings. The first-order valence-electron chi connectivity index (χ1n) is 12.4. The molecule has 0 aromatic carbocycles. The molecule has 0 aliphatic heterocycles. The van der Waals surface area contributed by atoms with Gasteiger partial charge in [-0.1, -0.05) is 0 Å². The van der Waals surface area contributed by atoms with E-state index in [0.717, 1.165) is 0 Å². The van der Waals surface area contributed by atoms with Crippen LogP contribution in [0.2, 0.25) is 31.5 Å². The third kappa shape index (κ3) is 27.5. The molecule has 0 aromatic heterocycles. The molecule has 0 fully saturated rings. The normalized spacial score (nSPS) is 10.7. The maximum atomic E-state index is 2.33. The maximum absolute atomic E-state index is 2.33. The topological polar surface area (TPSA) is 0 Å². The standard InChI is InChI=1S/2C12H27Ge.H3P/c2*1-4-7-10-13(11-8-5-2)12-9-6-3;/h2*4-12H2,1-3H3;1H3. The first-order valence-corrected chi connectivity index (χ1v) is 21.3. The van der Waals surface area contributed by atoms with Gasteiger partial charge < -0.3 is 0 Å². The van der Waals surface area contributed by atoms with Gasteiger partial charge in [0.25, 0.3) is 0 Å². The third-order valence-electron chi connectivity index (χ3n) is 5.30. The molecule has 0 spiro atoms. The van der Waals surface area contributed by atoms with Crippen LogP contribution in [0.1, 0.15) is 119 Å². The first kappa shape index (κ1) is 33.2. The fraction of sp³-hybridized carbons (Fsp3) is 1.00. The van der Waals surface area contributed by atoms with Crippen molar-refractivity contribution in [1.29, 1.82) is 0 Å². The van der Waals surface area contributed by atoms with Crippen molar-refractivity contribution in [1.82, 2.24) is 0 Å². The zero-order chi connectivity index (χ0) is 19.9. The summed E-state index contributed by atoms with van der Waals surface area (Å²) in [6, 6.07) is 0. The van der Waals surface area contributed by atoms with Crippen molar-refractivity contribution in [2.45, 2.75) is 150 Å². The van der Waals surface area contributed by atoms with Crippen LogP contribution in [0.25, 0.3) is 0 Å². The van der Waals surface area contributed by atoms with Gasteiger partial charge in [0.2, 0.25) is 0 Å². The van der Waals surface area contributed by atoms with Crippen molar-refractivity contribution in [3.05, 3.63) is 0 Å². The van der Waals surface area contributed by atoms with Crippen LogP contribution in [0.15, 0.2) is 0 Å². The summed E-state index contributed by atoms with van der Waals surface area (Å²) in [7, 11) is 0. The summed E-state index contributed by atoms with van der Waals surface area (Å²) in [5, 5.41) is 9.90. The van der Waals surface area contributed by atoms with Crippen LogP contribution in [0.4, 0.5) is 0 Å². The SMILES string of the molecule is CCC[CH2][Ge]([CH2]CCC)[CH2]CCC.CCC[CH2][Ge]([CH2]CCC)[CH2]CCC.P. The van der Waals surface area contributed by atoms with Crippen molar-refractivity contribution >= 4 is 38.6 Å². The number of rotatable bonds is 18. The van der Waals surface area contributed by atoms with Crippen LogP contribution < -0.4 is 0 Å². The second-order valence-electron chi connectivity index (χ2n) is 8.12. The van der Waals surface area contributed by atoms with Crippen molar-refractivity contribution < 1.29 is 0 Å². The fourth-order valence-electron chi connectivity index (χ4n) is 3.31. The Balaban J connectivity index is -0.000000411. The van der Waals surface area contributed by atoms with Crippen molar-refractivity contribution in [2.75, 3.05) is 0 Å². The molecule has 1 atom stereocenters. The van der Waals surface area contributed by atoms with Crippen LogP contribution in [0.3, 0.4) is 0 Å². The van der Waals surface area contributed by atoms with E-state index in [1.54, 1.807) is 31.5 Å². The Bertz CT molecular complexity index is 174. The van der Waals surface area contributed by atoms with Gasteiger partial charge in [-0.15, -0.1) is 0 Å². The summed E-state index contributed by atoms with van der Waals surface area (Å²) in [5.74, 6) is 0. The van der Waals surface area contributed by atoms with Gasteiger partial charge >= 0.3 is 179 Å². The van der Waals surface area contributed by atoms with Gasteiger partial charge in [-0.2, -0.15) is 9.90 Å². The molecule has 3 heteroatoms. The Hall–Kier alpha value is 1.52. The monoisotopic (exact) mass is 524 g/mol. The quantitative estimate of drug-likeness (QED) is 0.124. The van der Waals surface area contributed by atoms with E-state index in [4.69, 9.17) is 0 Å². The van der Waals surface area contributed by atoms with Gasteiger partial charge in [-0.05, 0) is 0 Å². The van der Waals surface area contributed by atoms with Crippen LogP contribution in [0.5, 0.6) is 0 Å². The Morgan fingerprint density at radius 3 is 0.593 bits per heavy atom. The molecule has 0 saturated heterocycles. The summed E-state index contributed by atoms with van der Waals surface area (Å²) in [6.45, 7) is 14.0. The van der Waals surface area contributed by atoms with Gasteiger partial charge in [-0.25, -0.2) is 0 Å². The molecule has 0 heterocycles. The third-order valence-corrected chi connectivity index (χ3v) is 18.7. The van der Waals surface area contributed by atoms with E-state index >= 15 is 0 Å². The molecule has 0 nitrogen and oxygen atoms in total. The minimum atomic E-state index is -0.552. The molecular formula is C24H57Ge2P. The molecule has 0 aliphatic rings. The summed E-state index contributed by atoms with van der Waals surface area (Å²) < 4.78 is 0.